The number of allylic oxidation sites excluding steroid dienone is 1. The quantitative estimate of drug-likeness (QED) is 0.723. The van der Waals surface area contributed by atoms with E-state index in [2.05, 4.69) is 30.4 Å². The Hall–Kier alpha value is -1.31. The molecule has 0 aliphatic carbocycles. The predicted octanol–water partition coefficient (Wildman–Crippen LogP) is 1.30. The lowest BCUT2D eigenvalue weighted by atomic mass is 10.2. The number of aromatic nitrogens is 2. The molecule has 0 bridgehead atoms. The summed E-state index contributed by atoms with van der Waals surface area (Å²) >= 11 is 0. The van der Waals surface area contributed by atoms with Gasteiger partial charge in [0.25, 0.3) is 0 Å². The Bertz CT molecular complexity index is 396. The van der Waals surface area contributed by atoms with Gasteiger partial charge in [-0.2, -0.15) is 0 Å². The van der Waals surface area contributed by atoms with Crippen LogP contribution in [0.1, 0.15) is 32.5 Å². The second-order valence-electron chi connectivity index (χ2n) is 3.27. The lowest BCUT2D eigenvalue weighted by molar-refractivity contribution is 0.790. The minimum absolute atomic E-state index is 0.436. The number of nitrogens with zero attached hydrogens (tertiary/aromatic N) is 1. The van der Waals surface area contributed by atoms with Crippen molar-refractivity contribution in [2.24, 2.45) is 0 Å². The van der Waals surface area contributed by atoms with E-state index in [1.165, 1.54) is 0 Å². The van der Waals surface area contributed by atoms with Crippen LogP contribution < -0.4 is 10.7 Å². The highest BCUT2D eigenvalue weighted by Gasteiger charge is 2.01. The molecule has 0 spiro atoms. The highest BCUT2D eigenvalue weighted by atomic mass is 14.9. The topological polar surface area (TPSA) is 28.7 Å². The zero-order valence-corrected chi connectivity index (χ0v) is 8.46. The van der Waals surface area contributed by atoms with Crippen LogP contribution in [0, 0.1) is 0 Å². The van der Waals surface area contributed by atoms with Crippen molar-refractivity contribution in [2.45, 2.75) is 26.7 Å². The molecule has 0 aliphatic heterocycles. The van der Waals surface area contributed by atoms with Crippen molar-refractivity contribution in [2.75, 3.05) is 0 Å². The van der Waals surface area contributed by atoms with Gasteiger partial charge in [0.1, 0.15) is 5.82 Å². The molecule has 13 heavy (non-hydrogen) atoms. The number of nitrogens with one attached hydrogen (secondary N) is 1. The Morgan fingerprint density at radius 1 is 1.46 bits per heavy atom. The van der Waals surface area contributed by atoms with Gasteiger partial charge in [0.2, 0.25) is 0 Å². The van der Waals surface area contributed by atoms with E-state index in [9.17, 15) is 0 Å². The maximum atomic E-state index is 4.46. The standard InChI is InChI=1S/C11H16N2/c1-5-7-10-9(6-2)12-11(13-10)8(3)4/h5-8H,1H2,2-4H3,(H,12,13)/b9-6+,10-7+. The van der Waals surface area contributed by atoms with Crippen LogP contribution in [0.2, 0.25) is 0 Å². The van der Waals surface area contributed by atoms with Gasteiger partial charge >= 0.3 is 0 Å². The van der Waals surface area contributed by atoms with E-state index in [4.69, 9.17) is 0 Å². The summed E-state index contributed by atoms with van der Waals surface area (Å²) in [5.41, 5.74) is 0. The summed E-state index contributed by atoms with van der Waals surface area (Å²) in [5, 5.41) is 2.05. The molecule has 0 amide bonds. The van der Waals surface area contributed by atoms with Crippen LogP contribution in [0.5, 0.6) is 0 Å². The van der Waals surface area contributed by atoms with Gasteiger partial charge in [-0.3, -0.25) is 0 Å². The van der Waals surface area contributed by atoms with Crippen molar-refractivity contribution in [3.8, 4) is 0 Å². The average Bonchev–Trinajstić information content (AvgIpc) is 2.48. The van der Waals surface area contributed by atoms with Gasteiger partial charge in [-0.15, -0.1) is 0 Å². The number of rotatable bonds is 2. The summed E-state index contributed by atoms with van der Waals surface area (Å²) in [6, 6.07) is 0. The fourth-order valence-corrected chi connectivity index (χ4v) is 1.15. The van der Waals surface area contributed by atoms with Gasteiger partial charge < -0.3 is 4.98 Å². The van der Waals surface area contributed by atoms with Gasteiger partial charge in [-0.1, -0.05) is 32.6 Å². The minimum atomic E-state index is 0.436. The van der Waals surface area contributed by atoms with Crippen LogP contribution in [0.25, 0.3) is 12.2 Å². The molecular formula is C11H16N2. The van der Waals surface area contributed by atoms with Crippen molar-refractivity contribution < 1.29 is 0 Å². The van der Waals surface area contributed by atoms with Crippen LogP contribution in [0.15, 0.2) is 12.7 Å². The molecule has 1 heterocycles. The lowest BCUT2D eigenvalue weighted by Crippen LogP contribution is -2.23. The van der Waals surface area contributed by atoms with E-state index in [0.29, 0.717) is 5.92 Å². The molecule has 0 aliphatic rings. The predicted molar refractivity (Wildman–Crippen MR) is 56.7 cm³/mol. The van der Waals surface area contributed by atoms with Crippen molar-refractivity contribution in [3.05, 3.63) is 29.2 Å². The molecule has 0 atom stereocenters. The third kappa shape index (κ3) is 2.08. The maximum Gasteiger partial charge on any atom is 0.109 e. The molecule has 0 unspecified atom stereocenters. The van der Waals surface area contributed by atoms with E-state index in [-0.39, 0.29) is 0 Å². The van der Waals surface area contributed by atoms with Crippen molar-refractivity contribution in [3.63, 3.8) is 0 Å². The van der Waals surface area contributed by atoms with E-state index in [1.54, 1.807) is 6.08 Å². The van der Waals surface area contributed by atoms with E-state index in [0.717, 1.165) is 16.5 Å². The summed E-state index contributed by atoms with van der Waals surface area (Å²) in [6.07, 6.45) is 5.69. The molecule has 0 radical (unpaired) electrons. The molecule has 1 aromatic rings. The first-order chi connectivity index (χ1) is 6.19. The minimum Gasteiger partial charge on any atom is -0.342 e. The highest BCUT2D eigenvalue weighted by molar-refractivity contribution is 5.34. The molecule has 70 valence electrons. The van der Waals surface area contributed by atoms with Crippen LogP contribution in [-0.4, -0.2) is 9.97 Å². The summed E-state index contributed by atoms with van der Waals surface area (Å²) in [4.78, 5) is 7.73. The first-order valence-electron chi connectivity index (χ1n) is 4.54. The third-order valence-electron chi connectivity index (χ3n) is 1.89. The maximum absolute atomic E-state index is 4.46. The zero-order chi connectivity index (χ0) is 9.84. The monoisotopic (exact) mass is 176 g/mol. The highest BCUT2D eigenvalue weighted by Crippen LogP contribution is 2.03. The van der Waals surface area contributed by atoms with Crippen molar-refractivity contribution in [1.29, 1.82) is 0 Å². The van der Waals surface area contributed by atoms with Gasteiger partial charge in [-0.25, -0.2) is 4.98 Å². The first kappa shape index (κ1) is 9.78. The Balaban J connectivity index is 3.37. The Morgan fingerprint density at radius 3 is 2.62 bits per heavy atom. The van der Waals surface area contributed by atoms with Gasteiger partial charge in [0, 0.05) is 5.92 Å². The molecule has 0 saturated heterocycles. The average molecular weight is 176 g/mol. The number of hydrogen-bond donors (Lipinski definition) is 1. The first-order valence-corrected chi connectivity index (χ1v) is 4.54. The van der Waals surface area contributed by atoms with E-state index >= 15 is 0 Å². The summed E-state index contributed by atoms with van der Waals surface area (Å²) in [6.45, 7) is 9.90. The molecule has 2 heteroatoms. The van der Waals surface area contributed by atoms with Gasteiger partial charge in [0.05, 0.1) is 10.7 Å². The number of aromatic amines is 1. The smallest absolute Gasteiger partial charge is 0.109 e. The summed E-state index contributed by atoms with van der Waals surface area (Å²) in [7, 11) is 0. The number of H-pyrrole nitrogens is 1. The van der Waals surface area contributed by atoms with Crippen LogP contribution in [0.3, 0.4) is 0 Å². The third-order valence-corrected chi connectivity index (χ3v) is 1.89. The second-order valence-corrected chi connectivity index (χ2v) is 3.27. The Labute approximate surface area is 78.7 Å². The van der Waals surface area contributed by atoms with Gasteiger partial charge in [-0.05, 0) is 13.0 Å². The zero-order valence-electron chi connectivity index (χ0n) is 8.46. The van der Waals surface area contributed by atoms with Crippen molar-refractivity contribution >= 4 is 12.2 Å². The molecule has 0 fully saturated rings. The van der Waals surface area contributed by atoms with Gasteiger partial charge in [0.15, 0.2) is 0 Å². The van der Waals surface area contributed by atoms with Crippen molar-refractivity contribution in [1.82, 2.24) is 9.97 Å². The molecule has 1 rings (SSSR count). The summed E-state index contributed by atoms with van der Waals surface area (Å²) < 4.78 is 0. The molecule has 0 aromatic carbocycles. The fraction of sp³-hybridized carbons (Fsp3) is 0.364. The number of hydrogen-bond acceptors (Lipinski definition) is 1. The largest absolute Gasteiger partial charge is 0.342 e. The van der Waals surface area contributed by atoms with Crippen LogP contribution >= 0.6 is 0 Å². The molecule has 2 nitrogen and oxygen atoms in total. The Morgan fingerprint density at radius 2 is 2.15 bits per heavy atom. The summed E-state index contributed by atoms with van der Waals surface area (Å²) in [5.74, 6) is 1.46. The molecule has 1 N–H and O–H groups in total. The normalized spacial score (nSPS) is 14.2. The fourth-order valence-electron chi connectivity index (χ4n) is 1.15. The molecule has 0 saturated carbocycles. The number of imidazole rings is 1. The van der Waals surface area contributed by atoms with Crippen LogP contribution in [-0.2, 0) is 0 Å². The van der Waals surface area contributed by atoms with E-state index in [1.807, 2.05) is 19.1 Å². The second kappa shape index (κ2) is 4.08. The van der Waals surface area contributed by atoms with Crippen LogP contribution in [0.4, 0.5) is 0 Å². The lowest BCUT2D eigenvalue weighted by Gasteiger charge is -1.95. The SMILES string of the molecule is C=C/C=c1/nc(C(C)C)[nH]/c1=C/C. The molecule has 1 aromatic heterocycles. The molecular weight excluding hydrogens is 160 g/mol. The van der Waals surface area contributed by atoms with E-state index < -0.39 is 0 Å². The Kier molecular flexibility index (Phi) is 3.07.